The molecule has 2 aromatic rings. The van der Waals surface area contributed by atoms with Crippen molar-refractivity contribution in [2.75, 3.05) is 14.2 Å². The van der Waals surface area contributed by atoms with E-state index < -0.39 is 5.54 Å². The zero-order valence-corrected chi connectivity index (χ0v) is 13.5. The van der Waals surface area contributed by atoms with Crippen LogP contribution in [0.2, 0.25) is 0 Å². The van der Waals surface area contributed by atoms with Gasteiger partial charge >= 0.3 is 0 Å². The van der Waals surface area contributed by atoms with E-state index in [0.717, 1.165) is 36.3 Å². The first-order chi connectivity index (χ1) is 10.2. The lowest BCUT2D eigenvalue weighted by Gasteiger charge is -2.34. The van der Waals surface area contributed by atoms with Gasteiger partial charge < -0.3 is 19.7 Å². The van der Waals surface area contributed by atoms with Gasteiger partial charge in [-0.1, -0.05) is 11.2 Å². The van der Waals surface area contributed by atoms with Gasteiger partial charge in [-0.3, -0.25) is 0 Å². The lowest BCUT2D eigenvalue weighted by atomic mass is 9.77. The van der Waals surface area contributed by atoms with E-state index in [-0.39, 0.29) is 12.4 Å². The van der Waals surface area contributed by atoms with Crippen LogP contribution in [0.4, 0.5) is 0 Å². The summed E-state index contributed by atoms with van der Waals surface area (Å²) >= 11 is 0. The number of hydrogen-bond acceptors (Lipinski definition) is 6. The van der Waals surface area contributed by atoms with Gasteiger partial charge in [-0.05, 0) is 31.4 Å². The van der Waals surface area contributed by atoms with Crippen LogP contribution in [-0.2, 0) is 12.0 Å². The van der Waals surface area contributed by atoms with E-state index in [1.54, 1.807) is 14.2 Å². The molecule has 1 aromatic carbocycles. The van der Waals surface area contributed by atoms with E-state index in [4.69, 9.17) is 19.7 Å². The number of benzene rings is 1. The standard InChI is InChI=1S/C15H19N3O3.ClH/c1-19-11-5-3-6-12(20-2)10(11)9-13-17-14(18-21-13)15(16)7-4-8-15;/h3,5-6H,4,7-9,16H2,1-2H3;1H. The van der Waals surface area contributed by atoms with Gasteiger partial charge in [0.25, 0.3) is 0 Å². The number of nitrogens with zero attached hydrogens (tertiary/aromatic N) is 2. The third kappa shape index (κ3) is 2.89. The highest BCUT2D eigenvalue weighted by Crippen LogP contribution is 2.37. The Hall–Kier alpha value is -1.79. The molecule has 0 radical (unpaired) electrons. The topological polar surface area (TPSA) is 83.4 Å². The number of rotatable bonds is 5. The third-order valence-electron chi connectivity index (χ3n) is 4.02. The molecule has 0 saturated heterocycles. The normalized spacial score (nSPS) is 15.6. The van der Waals surface area contributed by atoms with Crippen LogP contribution in [0.15, 0.2) is 22.7 Å². The molecule has 1 heterocycles. The van der Waals surface area contributed by atoms with E-state index in [1.165, 1.54) is 0 Å². The van der Waals surface area contributed by atoms with Crippen LogP contribution in [0.25, 0.3) is 0 Å². The van der Waals surface area contributed by atoms with E-state index in [1.807, 2.05) is 18.2 Å². The summed E-state index contributed by atoms with van der Waals surface area (Å²) in [6.45, 7) is 0. The number of halogens is 1. The summed E-state index contributed by atoms with van der Waals surface area (Å²) in [6, 6.07) is 5.64. The van der Waals surface area contributed by atoms with Gasteiger partial charge in [0.05, 0.1) is 26.2 Å². The van der Waals surface area contributed by atoms with E-state index in [0.29, 0.717) is 18.1 Å². The summed E-state index contributed by atoms with van der Waals surface area (Å²) < 4.78 is 16.1. The minimum atomic E-state index is -0.410. The van der Waals surface area contributed by atoms with Gasteiger partial charge in [-0.2, -0.15) is 4.98 Å². The number of ether oxygens (including phenoxy) is 2. The van der Waals surface area contributed by atoms with E-state index in [2.05, 4.69) is 10.1 Å². The second-order valence-electron chi connectivity index (χ2n) is 5.34. The SMILES string of the molecule is COc1cccc(OC)c1Cc1nc(C2(N)CCC2)no1.Cl. The van der Waals surface area contributed by atoms with Crippen molar-refractivity contribution < 1.29 is 14.0 Å². The average Bonchev–Trinajstić information content (AvgIpc) is 2.94. The predicted molar refractivity (Wildman–Crippen MR) is 83.6 cm³/mol. The first-order valence-electron chi connectivity index (χ1n) is 6.98. The maximum absolute atomic E-state index is 6.21. The van der Waals surface area contributed by atoms with Crippen molar-refractivity contribution in [3.63, 3.8) is 0 Å². The van der Waals surface area contributed by atoms with E-state index in [9.17, 15) is 0 Å². The fraction of sp³-hybridized carbons (Fsp3) is 0.467. The Morgan fingerprint density at radius 2 is 1.86 bits per heavy atom. The van der Waals surface area contributed by atoms with Crippen LogP contribution in [0.3, 0.4) is 0 Å². The molecule has 1 aromatic heterocycles. The number of nitrogens with two attached hydrogens (primary N) is 1. The minimum absolute atomic E-state index is 0. The highest BCUT2D eigenvalue weighted by Gasteiger charge is 2.39. The summed E-state index contributed by atoms with van der Waals surface area (Å²) in [5.74, 6) is 2.59. The molecule has 0 spiro atoms. The number of methoxy groups -OCH3 is 2. The van der Waals surface area contributed by atoms with Crippen LogP contribution in [0, 0.1) is 0 Å². The minimum Gasteiger partial charge on any atom is -0.496 e. The zero-order chi connectivity index (χ0) is 14.9. The molecule has 7 heteroatoms. The van der Waals surface area contributed by atoms with Crippen molar-refractivity contribution in [2.24, 2.45) is 5.73 Å². The molecule has 1 aliphatic rings. The third-order valence-corrected chi connectivity index (χ3v) is 4.02. The van der Waals surface area contributed by atoms with Crippen LogP contribution in [0.5, 0.6) is 11.5 Å². The number of aromatic nitrogens is 2. The van der Waals surface area contributed by atoms with Gasteiger partial charge in [0.15, 0.2) is 5.82 Å². The zero-order valence-electron chi connectivity index (χ0n) is 12.7. The second kappa shape index (κ2) is 6.54. The summed E-state index contributed by atoms with van der Waals surface area (Å²) in [4.78, 5) is 4.44. The summed E-state index contributed by atoms with van der Waals surface area (Å²) in [5.41, 5.74) is 6.68. The van der Waals surface area contributed by atoms with E-state index >= 15 is 0 Å². The van der Waals surface area contributed by atoms with Crippen LogP contribution in [-0.4, -0.2) is 24.4 Å². The van der Waals surface area contributed by atoms with Crippen LogP contribution >= 0.6 is 12.4 Å². The highest BCUT2D eigenvalue weighted by atomic mass is 35.5. The van der Waals surface area contributed by atoms with Crippen LogP contribution in [0.1, 0.15) is 36.5 Å². The summed E-state index contributed by atoms with van der Waals surface area (Å²) in [6.07, 6.45) is 3.38. The molecular formula is C15H20ClN3O3. The number of hydrogen-bond donors (Lipinski definition) is 1. The molecule has 1 saturated carbocycles. The maximum atomic E-state index is 6.21. The molecule has 22 heavy (non-hydrogen) atoms. The smallest absolute Gasteiger partial charge is 0.231 e. The Balaban J connectivity index is 0.00000176. The quantitative estimate of drug-likeness (QED) is 0.909. The molecule has 0 bridgehead atoms. The first-order valence-corrected chi connectivity index (χ1v) is 6.98. The largest absolute Gasteiger partial charge is 0.496 e. The fourth-order valence-corrected chi connectivity index (χ4v) is 2.56. The lowest BCUT2D eigenvalue weighted by Crippen LogP contribution is -2.44. The molecule has 1 fully saturated rings. The Bertz CT molecular complexity index is 618. The molecule has 0 unspecified atom stereocenters. The molecular weight excluding hydrogens is 306 g/mol. The Labute approximate surface area is 135 Å². The Morgan fingerprint density at radius 3 is 2.36 bits per heavy atom. The summed E-state index contributed by atoms with van der Waals surface area (Å²) in [5, 5.41) is 4.02. The molecule has 3 rings (SSSR count). The molecule has 120 valence electrons. The molecule has 0 amide bonds. The summed E-state index contributed by atoms with van der Waals surface area (Å²) in [7, 11) is 3.25. The lowest BCUT2D eigenvalue weighted by molar-refractivity contribution is 0.229. The van der Waals surface area contributed by atoms with Crippen molar-refractivity contribution in [1.29, 1.82) is 0 Å². The molecule has 1 aliphatic carbocycles. The van der Waals surface area contributed by atoms with Crippen molar-refractivity contribution in [2.45, 2.75) is 31.2 Å². The van der Waals surface area contributed by atoms with Gasteiger partial charge in [-0.15, -0.1) is 12.4 Å². The molecule has 6 nitrogen and oxygen atoms in total. The first kappa shape index (κ1) is 16.6. The molecule has 2 N–H and O–H groups in total. The second-order valence-corrected chi connectivity index (χ2v) is 5.34. The van der Waals surface area contributed by atoms with Gasteiger partial charge in [0, 0.05) is 5.56 Å². The van der Waals surface area contributed by atoms with Crippen molar-refractivity contribution in [3.05, 3.63) is 35.5 Å². The Morgan fingerprint density at radius 1 is 1.23 bits per heavy atom. The van der Waals surface area contributed by atoms with Crippen molar-refractivity contribution >= 4 is 12.4 Å². The predicted octanol–water partition coefficient (Wildman–Crippen LogP) is 2.44. The Kier molecular flexibility index (Phi) is 4.93. The average molecular weight is 326 g/mol. The van der Waals surface area contributed by atoms with Gasteiger partial charge in [0.2, 0.25) is 5.89 Å². The van der Waals surface area contributed by atoms with Crippen molar-refractivity contribution in [3.8, 4) is 11.5 Å². The van der Waals surface area contributed by atoms with Crippen LogP contribution < -0.4 is 15.2 Å². The van der Waals surface area contributed by atoms with Gasteiger partial charge in [-0.25, -0.2) is 0 Å². The van der Waals surface area contributed by atoms with Gasteiger partial charge in [0.1, 0.15) is 11.5 Å². The highest BCUT2D eigenvalue weighted by molar-refractivity contribution is 5.85. The maximum Gasteiger partial charge on any atom is 0.231 e. The van der Waals surface area contributed by atoms with Crippen molar-refractivity contribution in [1.82, 2.24) is 10.1 Å². The molecule has 0 aliphatic heterocycles. The molecule has 0 atom stereocenters. The monoisotopic (exact) mass is 325 g/mol. The fourth-order valence-electron chi connectivity index (χ4n) is 2.56.